The summed E-state index contributed by atoms with van der Waals surface area (Å²) in [5.41, 5.74) is 7.08. The Balaban J connectivity index is 2.00. The van der Waals surface area contributed by atoms with Crippen molar-refractivity contribution in [3.8, 4) is 5.75 Å². The number of rotatable bonds is 5. The summed E-state index contributed by atoms with van der Waals surface area (Å²) < 4.78 is 11.8. The topological polar surface area (TPSA) is 77.1 Å². The van der Waals surface area contributed by atoms with E-state index in [0.29, 0.717) is 12.4 Å². The van der Waals surface area contributed by atoms with Crippen molar-refractivity contribution in [2.45, 2.75) is 5.54 Å². The zero-order chi connectivity index (χ0) is 16.3. The SMILES string of the molecule is NC1=NC(c2ccc(OCCO)cc2)(c2cccc(Br)c2)CO1. The Morgan fingerprint density at radius 1 is 1.22 bits per heavy atom. The van der Waals surface area contributed by atoms with Crippen LogP contribution in [-0.2, 0) is 10.3 Å². The Kier molecular flexibility index (Phi) is 4.54. The van der Waals surface area contributed by atoms with E-state index in [1.54, 1.807) is 0 Å². The summed E-state index contributed by atoms with van der Waals surface area (Å²) in [6.07, 6.45) is 0. The first kappa shape index (κ1) is 15.8. The lowest BCUT2D eigenvalue weighted by molar-refractivity contribution is 0.201. The van der Waals surface area contributed by atoms with Gasteiger partial charge in [0.1, 0.15) is 19.0 Å². The molecule has 1 aliphatic rings. The summed E-state index contributed by atoms with van der Waals surface area (Å²) in [5, 5.41) is 8.82. The number of aliphatic hydroxyl groups excluding tert-OH is 1. The molecule has 0 fully saturated rings. The Morgan fingerprint density at radius 3 is 2.61 bits per heavy atom. The van der Waals surface area contributed by atoms with Gasteiger partial charge in [-0.3, -0.25) is 0 Å². The highest BCUT2D eigenvalue weighted by molar-refractivity contribution is 9.10. The number of nitrogens with zero attached hydrogens (tertiary/aromatic N) is 1. The maximum atomic E-state index is 8.82. The van der Waals surface area contributed by atoms with Gasteiger partial charge in [-0.05, 0) is 35.4 Å². The molecule has 6 heteroatoms. The zero-order valence-electron chi connectivity index (χ0n) is 12.4. The third-order valence-corrected chi connectivity index (χ3v) is 4.22. The number of ether oxygens (including phenoxy) is 2. The van der Waals surface area contributed by atoms with Gasteiger partial charge in [0.05, 0.1) is 6.61 Å². The third-order valence-electron chi connectivity index (χ3n) is 3.72. The van der Waals surface area contributed by atoms with Crippen LogP contribution in [0.5, 0.6) is 5.75 Å². The first-order valence-corrected chi connectivity index (χ1v) is 8.02. The second-order valence-corrected chi connectivity index (χ2v) is 6.12. The highest BCUT2D eigenvalue weighted by Gasteiger charge is 2.40. The number of amidine groups is 1. The van der Waals surface area contributed by atoms with Gasteiger partial charge in [-0.25, -0.2) is 4.99 Å². The molecule has 1 unspecified atom stereocenters. The molecule has 0 radical (unpaired) electrons. The standard InChI is InChI=1S/C17H17BrN2O3/c18-14-3-1-2-13(10-14)17(11-23-16(19)20-17)12-4-6-15(7-5-12)22-9-8-21/h1-7,10,21H,8-9,11H2,(H2,19,20). The maximum Gasteiger partial charge on any atom is 0.283 e. The Morgan fingerprint density at radius 2 is 2.00 bits per heavy atom. The predicted octanol–water partition coefficient (Wildman–Crippen LogP) is 2.41. The minimum Gasteiger partial charge on any atom is -0.491 e. The Labute approximate surface area is 142 Å². The van der Waals surface area contributed by atoms with E-state index in [2.05, 4.69) is 20.9 Å². The van der Waals surface area contributed by atoms with Crippen LogP contribution in [0, 0.1) is 0 Å². The quantitative estimate of drug-likeness (QED) is 0.839. The van der Waals surface area contributed by atoms with Crippen LogP contribution in [0.4, 0.5) is 0 Å². The average molecular weight is 377 g/mol. The molecule has 120 valence electrons. The summed E-state index contributed by atoms with van der Waals surface area (Å²) in [5.74, 6) is 0.697. The van der Waals surface area contributed by atoms with Crippen LogP contribution < -0.4 is 10.5 Å². The molecular weight excluding hydrogens is 360 g/mol. The number of nitrogens with two attached hydrogens (primary N) is 1. The molecule has 0 amide bonds. The average Bonchev–Trinajstić information content (AvgIpc) is 2.97. The summed E-state index contributed by atoms with van der Waals surface area (Å²) in [7, 11) is 0. The molecule has 0 bridgehead atoms. The normalized spacial score (nSPS) is 20.0. The van der Waals surface area contributed by atoms with Crippen molar-refractivity contribution in [1.29, 1.82) is 0 Å². The largest absolute Gasteiger partial charge is 0.491 e. The maximum absolute atomic E-state index is 8.82. The fraction of sp³-hybridized carbons (Fsp3) is 0.235. The van der Waals surface area contributed by atoms with Crippen LogP contribution in [0.2, 0.25) is 0 Å². The molecule has 0 saturated carbocycles. The molecule has 3 N–H and O–H groups in total. The smallest absolute Gasteiger partial charge is 0.283 e. The molecule has 3 rings (SSSR count). The highest BCUT2D eigenvalue weighted by Crippen LogP contribution is 2.38. The summed E-state index contributed by atoms with van der Waals surface area (Å²) in [4.78, 5) is 4.56. The minimum atomic E-state index is -0.663. The monoisotopic (exact) mass is 376 g/mol. The molecule has 2 aromatic rings. The van der Waals surface area contributed by atoms with Crippen molar-refractivity contribution >= 4 is 22.0 Å². The van der Waals surface area contributed by atoms with Crippen molar-refractivity contribution in [1.82, 2.24) is 0 Å². The number of benzene rings is 2. The molecule has 23 heavy (non-hydrogen) atoms. The van der Waals surface area contributed by atoms with Crippen LogP contribution in [-0.4, -0.2) is 30.9 Å². The number of halogens is 1. The molecule has 0 saturated heterocycles. The number of aliphatic imine (C=N–C) groups is 1. The molecule has 5 nitrogen and oxygen atoms in total. The van der Waals surface area contributed by atoms with Gasteiger partial charge in [0.2, 0.25) is 0 Å². The molecule has 1 aliphatic heterocycles. The lowest BCUT2D eigenvalue weighted by atomic mass is 9.84. The fourth-order valence-electron chi connectivity index (χ4n) is 2.63. The van der Waals surface area contributed by atoms with E-state index in [0.717, 1.165) is 15.6 Å². The van der Waals surface area contributed by atoms with Crippen LogP contribution in [0.25, 0.3) is 0 Å². The lowest BCUT2D eigenvalue weighted by Gasteiger charge is -2.25. The van der Waals surface area contributed by atoms with Crippen LogP contribution in [0.3, 0.4) is 0 Å². The van der Waals surface area contributed by atoms with Crippen LogP contribution in [0.1, 0.15) is 11.1 Å². The highest BCUT2D eigenvalue weighted by atomic mass is 79.9. The van der Waals surface area contributed by atoms with Gasteiger partial charge < -0.3 is 20.3 Å². The van der Waals surface area contributed by atoms with E-state index in [1.807, 2.05) is 48.5 Å². The predicted molar refractivity (Wildman–Crippen MR) is 91.5 cm³/mol. The van der Waals surface area contributed by atoms with E-state index in [9.17, 15) is 0 Å². The zero-order valence-corrected chi connectivity index (χ0v) is 14.0. The van der Waals surface area contributed by atoms with Gasteiger partial charge in [0.15, 0.2) is 5.54 Å². The van der Waals surface area contributed by atoms with Crippen molar-refractivity contribution in [3.63, 3.8) is 0 Å². The molecule has 2 aromatic carbocycles. The lowest BCUT2D eigenvalue weighted by Crippen LogP contribution is -2.27. The molecule has 1 heterocycles. The van der Waals surface area contributed by atoms with Gasteiger partial charge in [0.25, 0.3) is 6.02 Å². The van der Waals surface area contributed by atoms with Crippen LogP contribution in [0.15, 0.2) is 58.0 Å². The van der Waals surface area contributed by atoms with E-state index >= 15 is 0 Å². The van der Waals surface area contributed by atoms with Gasteiger partial charge >= 0.3 is 0 Å². The minimum absolute atomic E-state index is 0.0155. The van der Waals surface area contributed by atoms with Crippen molar-refractivity contribution in [3.05, 3.63) is 64.1 Å². The Bertz CT molecular complexity index is 718. The fourth-order valence-corrected chi connectivity index (χ4v) is 3.03. The van der Waals surface area contributed by atoms with Crippen molar-refractivity contribution in [2.24, 2.45) is 10.7 Å². The first-order chi connectivity index (χ1) is 11.1. The molecule has 0 aromatic heterocycles. The molecule has 0 spiro atoms. The molecule has 0 aliphatic carbocycles. The Hall–Kier alpha value is -2.05. The van der Waals surface area contributed by atoms with Gasteiger partial charge in [-0.2, -0.15) is 0 Å². The molecule has 1 atom stereocenters. The van der Waals surface area contributed by atoms with E-state index in [4.69, 9.17) is 20.3 Å². The number of aliphatic hydroxyl groups is 1. The van der Waals surface area contributed by atoms with E-state index in [-0.39, 0.29) is 19.2 Å². The second-order valence-electron chi connectivity index (χ2n) is 5.21. The summed E-state index contributed by atoms with van der Waals surface area (Å²) >= 11 is 3.50. The van der Waals surface area contributed by atoms with Crippen molar-refractivity contribution < 1.29 is 14.6 Å². The number of hydrogen-bond acceptors (Lipinski definition) is 5. The van der Waals surface area contributed by atoms with Crippen molar-refractivity contribution in [2.75, 3.05) is 19.8 Å². The second kappa shape index (κ2) is 6.60. The summed E-state index contributed by atoms with van der Waals surface area (Å²) in [6, 6.07) is 15.7. The van der Waals surface area contributed by atoms with Gasteiger partial charge in [-0.1, -0.05) is 40.2 Å². The van der Waals surface area contributed by atoms with Gasteiger partial charge in [-0.15, -0.1) is 0 Å². The third kappa shape index (κ3) is 3.18. The summed E-state index contributed by atoms with van der Waals surface area (Å²) in [6.45, 7) is 0.606. The van der Waals surface area contributed by atoms with Gasteiger partial charge in [0, 0.05) is 4.47 Å². The van der Waals surface area contributed by atoms with Crippen LogP contribution >= 0.6 is 15.9 Å². The first-order valence-electron chi connectivity index (χ1n) is 7.22. The molecular formula is C17H17BrN2O3. The van der Waals surface area contributed by atoms with E-state index < -0.39 is 5.54 Å². The number of hydrogen-bond donors (Lipinski definition) is 2. The van der Waals surface area contributed by atoms with E-state index in [1.165, 1.54) is 0 Å².